The van der Waals surface area contributed by atoms with Crippen molar-refractivity contribution in [2.45, 2.75) is 26.7 Å². The molecule has 0 bridgehead atoms. The molecule has 0 radical (unpaired) electrons. The van der Waals surface area contributed by atoms with Crippen molar-refractivity contribution in [3.8, 4) is 12.3 Å². The van der Waals surface area contributed by atoms with Crippen LogP contribution in [0.1, 0.15) is 26.7 Å². The van der Waals surface area contributed by atoms with Crippen LogP contribution >= 0.6 is 0 Å². The molecule has 1 saturated heterocycles. The van der Waals surface area contributed by atoms with E-state index in [-0.39, 0.29) is 12.7 Å². The maximum absolute atomic E-state index is 11.4. The van der Waals surface area contributed by atoms with Crippen LogP contribution in [0.2, 0.25) is 0 Å². The number of terminal acetylenes is 1. The van der Waals surface area contributed by atoms with Crippen molar-refractivity contribution in [2.75, 3.05) is 19.7 Å². The first kappa shape index (κ1) is 11.9. The largest absolute Gasteiger partial charge is 0.436 e. The first-order chi connectivity index (χ1) is 7.15. The number of nitrogens with zero attached hydrogens (tertiary/aromatic N) is 1. The Hall–Kier alpha value is -1.17. The van der Waals surface area contributed by atoms with Gasteiger partial charge in [0.1, 0.15) is 0 Å². The minimum absolute atomic E-state index is 0.0724. The number of ether oxygens (including phenoxy) is 1. The lowest BCUT2D eigenvalue weighted by molar-refractivity contribution is 0.0918. The van der Waals surface area contributed by atoms with Gasteiger partial charge in [0, 0.05) is 13.1 Å². The maximum Gasteiger partial charge on any atom is 0.410 e. The summed E-state index contributed by atoms with van der Waals surface area (Å²) in [5.74, 6) is 3.74. The molecule has 1 rings (SSSR count). The van der Waals surface area contributed by atoms with Gasteiger partial charge in [-0.1, -0.05) is 19.8 Å². The summed E-state index contributed by atoms with van der Waals surface area (Å²) in [5.41, 5.74) is 0. The molecule has 0 saturated carbocycles. The van der Waals surface area contributed by atoms with Crippen LogP contribution in [0.4, 0.5) is 4.79 Å². The molecule has 0 unspecified atom stereocenters. The van der Waals surface area contributed by atoms with Crippen LogP contribution in [-0.2, 0) is 4.74 Å². The molecule has 84 valence electrons. The van der Waals surface area contributed by atoms with Crippen molar-refractivity contribution in [3.63, 3.8) is 0 Å². The lowest BCUT2D eigenvalue weighted by atomic mass is 9.87. The molecule has 3 nitrogen and oxygen atoms in total. The Labute approximate surface area is 91.8 Å². The van der Waals surface area contributed by atoms with Crippen LogP contribution in [0, 0.1) is 24.2 Å². The van der Waals surface area contributed by atoms with Gasteiger partial charge in [-0.05, 0) is 24.7 Å². The minimum atomic E-state index is -0.268. The summed E-state index contributed by atoms with van der Waals surface area (Å²) in [6.07, 6.45) is 6.90. The van der Waals surface area contributed by atoms with Crippen LogP contribution in [0.3, 0.4) is 0 Å². The number of hydrogen-bond acceptors (Lipinski definition) is 2. The smallest absolute Gasteiger partial charge is 0.410 e. The molecule has 0 aliphatic carbocycles. The van der Waals surface area contributed by atoms with Gasteiger partial charge in [-0.25, -0.2) is 4.79 Å². The fourth-order valence-corrected chi connectivity index (χ4v) is 1.94. The summed E-state index contributed by atoms with van der Waals surface area (Å²) in [6.45, 7) is 6.13. The monoisotopic (exact) mass is 209 g/mol. The highest BCUT2D eigenvalue weighted by atomic mass is 16.6. The third kappa shape index (κ3) is 3.47. The summed E-state index contributed by atoms with van der Waals surface area (Å²) in [6, 6.07) is 0. The number of likely N-dealkylation sites (tertiary alicyclic amines) is 1. The summed E-state index contributed by atoms with van der Waals surface area (Å²) in [5, 5.41) is 0. The third-order valence-electron chi connectivity index (χ3n) is 3.02. The van der Waals surface area contributed by atoms with E-state index in [1.807, 2.05) is 0 Å². The lowest BCUT2D eigenvalue weighted by Crippen LogP contribution is -2.39. The van der Waals surface area contributed by atoms with Crippen molar-refractivity contribution in [2.24, 2.45) is 11.8 Å². The molecule has 0 N–H and O–H groups in total. The van der Waals surface area contributed by atoms with Gasteiger partial charge in [-0.2, -0.15) is 0 Å². The Morgan fingerprint density at radius 3 is 2.60 bits per heavy atom. The molecule has 1 amide bonds. The number of hydrogen-bond donors (Lipinski definition) is 0. The fraction of sp³-hybridized carbons (Fsp3) is 0.750. The second kappa shape index (κ2) is 5.65. The van der Waals surface area contributed by atoms with Crippen molar-refractivity contribution in [1.82, 2.24) is 4.90 Å². The molecule has 1 fully saturated rings. The molecule has 1 aliphatic rings. The van der Waals surface area contributed by atoms with Crippen LogP contribution in [0.15, 0.2) is 0 Å². The minimum Gasteiger partial charge on any atom is -0.436 e. The predicted octanol–water partition coefficient (Wildman–Crippen LogP) is 2.12. The quantitative estimate of drug-likeness (QED) is 0.652. The summed E-state index contributed by atoms with van der Waals surface area (Å²) < 4.78 is 4.88. The van der Waals surface area contributed by atoms with Crippen molar-refractivity contribution in [3.05, 3.63) is 0 Å². The Bertz CT molecular complexity index is 247. The first-order valence-corrected chi connectivity index (χ1v) is 5.50. The van der Waals surface area contributed by atoms with E-state index in [0.717, 1.165) is 31.8 Å². The number of carbonyl (C=O) groups is 1. The predicted molar refractivity (Wildman–Crippen MR) is 59.3 cm³/mol. The molecule has 1 heterocycles. The average molecular weight is 209 g/mol. The molecule has 15 heavy (non-hydrogen) atoms. The van der Waals surface area contributed by atoms with Crippen LogP contribution in [0.5, 0.6) is 0 Å². The van der Waals surface area contributed by atoms with Crippen molar-refractivity contribution >= 4 is 6.09 Å². The zero-order valence-electron chi connectivity index (χ0n) is 9.53. The van der Waals surface area contributed by atoms with Gasteiger partial charge in [-0.3, -0.25) is 0 Å². The Morgan fingerprint density at radius 1 is 1.53 bits per heavy atom. The fourth-order valence-electron chi connectivity index (χ4n) is 1.94. The van der Waals surface area contributed by atoms with E-state index in [2.05, 4.69) is 19.8 Å². The molecule has 0 aromatic rings. The number of carbonyl (C=O) groups excluding carboxylic acids is 1. The van der Waals surface area contributed by atoms with Gasteiger partial charge in [0.2, 0.25) is 0 Å². The number of amides is 1. The summed E-state index contributed by atoms with van der Waals surface area (Å²) >= 11 is 0. The van der Waals surface area contributed by atoms with Crippen LogP contribution in [0.25, 0.3) is 0 Å². The normalized spacial score (nSPS) is 17.6. The number of piperidine rings is 1. The molecule has 1 aliphatic heterocycles. The van der Waals surface area contributed by atoms with Gasteiger partial charge in [-0.15, -0.1) is 6.42 Å². The molecule has 0 atom stereocenters. The Kier molecular flexibility index (Phi) is 4.48. The van der Waals surface area contributed by atoms with Crippen LogP contribution in [-0.4, -0.2) is 30.7 Å². The molecule has 0 spiro atoms. The Morgan fingerprint density at radius 2 is 2.13 bits per heavy atom. The van der Waals surface area contributed by atoms with E-state index in [4.69, 9.17) is 11.2 Å². The van der Waals surface area contributed by atoms with Crippen molar-refractivity contribution in [1.29, 1.82) is 0 Å². The van der Waals surface area contributed by atoms with E-state index < -0.39 is 0 Å². The zero-order valence-corrected chi connectivity index (χ0v) is 9.53. The Balaban J connectivity index is 2.31. The first-order valence-electron chi connectivity index (χ1n) is 5.50. The van der Waals surface area contributed by atoms with Crippen LogP contribution < -0.4 is 0 Å². The average Bonchev–Trinajstić information content (AvgIpc) is 2.26. The van der Waals surface area contributed by atoms with E-state index in [1.165, 1.54) is 0 Å². The summed E-state index contributed by atoms with van der Waals surface area (Å²) in [4.78, 5) is 13.2. The maximum atomic E-state index is 11.4. The summed E-state index contributed by atoms with van der Waals surface area (Å²) in [7, 11) is 0. The highest BCUT2D eigenvalue weighted by molar-refractivity contribution is 5.67. The van der Waals surface area contributed by atoms with Gasteiger partial charge in [0.05, 0.1) is 0 Å². The molecule has 0 aromatic carbocycles. The standard InChI is InChI=1S/C12H19NO2/c1-4-9-15-12(14)13-7-5-11(6-8-13)10(2)3/h1,10-11H,5-9H2,2-3H3. The van der Waals surface area contributed by atoms with E-state index in [9.17, 15) is 4.79 Å². The van der Waals surface area contributed by atoms with E-state index in [1.54, 1.807) is 4.90 Å². The van der Waals surface area contributed by atoms with Gasteiger partial charge >= 0.3 is 6.09 Å². The van der Waals surface area contributed by atoms with Gasteiger partial charge in [0.15, 0.2) is 6.61 Å². The third-order valence-corrected chi connectivity index (χ3v) is 3.02. The van der Waals surface area contributed by atoms with Gasteiger partial charge in [0.25, 0.3) is 0 Å². The topological polar surface area (TPSA) is 29.5 Å². The van der Waals surface area contributed by atoms with Crippen molar-refractivity contribution < 1.29 is 9.53 Å². The van der Waals surface area contributed by atoms with E-state index in [0.29, 0.717) is 5.92 Å². The molecule has 0 aromatic heterocycles. The van der Waals surface area contributed by atoms with E-state index >= 15 is 0 Å². The highest BCUT2D eigenvalue weighted by Crippen LogP contribution is 2.24. The zero-order chi connectivity index (χ0) is 11.3. The van der Waals surface area contributed by atoms with Gasteiger partial charge < -0.3 is 9.64 Å². The second-order valence-corrected chi connectivity index (χ2v) is 4.33. The molecule has 3 heteroatoms. The second-order valence-electron chi connectivity index (χ2n) is 4.33. The molecular formula is C12H19NO2. The molecular weight excluding hydrogens is 190 g/mol. The highest BCUT2D eigenvalue weighted by Gasteiger charge is 2.24. The lowest BCUT2D eigenvalue weighted by Gasteiger charge is -2.32. The number of rotatable bonds is 2. The SMILES string of the molecule is C#CCOC(=O)N1CCC(C(C)C)CC1.